The van der Waals surface area contributed by atoms with Crippen LogP contribution in [0.2, 0.25) is 5.02 Å². The van der Waals surface area contributed by atoms with E-state index in [2.05, 4.69) is 10.3 Å². The molecule has 0 spiro atoms. The highest BCUT2D eigenvalue weighted by atomic mass is 35.5. The predicted molar refractivity (Wildman–Crippen MR) is 146 cm³/mol. The molecule has 210 valence electrons. The number of imidazole rings is 1. The van der Waals surface area contributed by atoms with Crippen molar-refractivity contribution in [1.82, 2.24) is 19.4 Å². The Labute approximate surface area is 232 Å². The van der Waals surface area contributed by atoms with Crippen LogP contribution in [0.1, 0.15) is 13.3 Å². The van der Waals surface area contributed by atoms with Crippen LogP contribution in [0.5, 0.6) is 5.75 Å². The molecule has 1 unspecified atom stereocenters. The van der Waals surface area contributed by atoms with E-state index < -0.39 is 24.1 Å². The summed E-state index contributed by atoms with van der Waals surface area (Å²) < 4.78 is 55.8. The Balaban J connectivity index is 1.45. The SMILES string of the molecule is Cn1ccn(-c2ccc(-c3cc(F)cc(-c4ccnc(N5CCC(C)(NCC(F)(F)F)C5)c4)c3O)cc2Cl)c1=O. The average Bonchev–Trinajstić information content (AvgIpc) is 3.46. The van der Waals surface area contributed by atoms with Gasteiger partial charge in [0, 0.05) is 55.4 Å². The average molecular weight is 576 g/mol. The molecule has 0 bridgehead atoms. The third kappa shape index (κ3) is 5.57. The van der Waals surface area contributed by atoms with Gasteiger partial charge in [0.15, 0.2) is 0 Å². The molecule has 1 fully saturated rings. The van der Waals surface area contributed by atoms with Crippen LogP contribution in [-0.4, -0.2) is 50.6 Å². The van der Waals surface area contributed by atoms with Crippen molar-refractivity contribution in [3.05, 3.63) is 82.4 Å². The number of aromatic nitrogens is 3. The van der Waals surface area contributed by atoms with Crippen molar-refractivity contribution in [1.29, 1.82) is 0 Å². The summed E-state index contributed by atoms with van der Waals surface area (Å²) in [5.74, 6) is -0.274. The second kappa shape index (κ2) is 10.3. The van der Waals surface area contributed by atoms with Gasteiger partial charge in [-0.2, -0.15) is 13.2 Å². The summed E-state index contributed by atoms with van der Waals surface area (Å²) in [7, 11) is 1.62. The third-order valence-corrected chi connectivity index (χ3v) is 7.41. The fourth-order valence-corrected chi connectivity index (χ4v) is 5.20. The molecule has 1 saturated heterocycles. The zero-order valence-corrected chi connectivity index (χ0v) is 22.4. The number of pyridine rings is 1. The minimum absolute atomic E-state index is 0.183. The van der Waals surface area contributed by atoms with Crippen molar-refractivity contribution in [3.8, 4) is 33.7 Å². The van der Waals surface area contributed by atoms with Gasteiger partial charge >= 0.3 is 11.9 Å². The van der Waals surface area contributed by atoms with E-state index in [0.29, 0.717) is 42.1 Å². The molecule has 0 saturated carbocycles. The number of aromatic hydroxyl groups is 1. The number of nitrogens with zero attached hydrogens (tertiary/aromatic N) is 4. The summed E-state index contributed by atoms with van der Waals surface area (Å²) in [6, 6.07) is 10.5. The van der Waals surface area contributed by atoms with E-state index in [1.807, 2.05) is 4.90 Å². The third-order valence-electron chi connectivity index (χ3n) is 7.11. The van der Waals surface area contributed by atoms with Crippen molar-refractivity contribution in [2.75, 3.05) is 24.5 Å². The number of hydrogen-bond donors (Lipinski definition) is 2. The van der Waals surface area contributed by atoms with Gasteiger partial charge in [-0.3, -0.25) is 4.57 Å². The number of benzene rings is 2. The maximum atomic E-state index is 14.8. The molecule has 3 heterocycles. The minimum atomic E-state index is -4.31. The van der Waals surface area contributed by atoms with Gasteiger partial charge in [-0.15, -0.1) is 0 Å². The van der Waals surface area contributed by atoms with E-state index in [4.69, 9.17) is 11.6 Å². The molecule has 40 heavy (non-hydrogen) atoms. The highest BCUT2D eigenvalue weighted by Crippen LogP contribution is 2.41. The lowest BCUT2D eigenvalue weighted by Gasteiger charge is -2.27. The van der Waals surface area contributed by atoms with Crippen LogP contribution in [-0.2, 0) is 7.05 Å². The van der Waals surface area contributed by atoms with Crippen LogP contribution in [0.4, 0.5) is 23.4 Å². The lowest BCUT2D eigenvalue weighted by Crippen LogP contribution is -2.48. The first kappa shape index (κ1) is 27.7. The Bertz CT molecular complexity index is 1630. The number of aryl methyl sites for hydroxylation is 1. The lowest BCUT2D eigenvalue weighted by atomic mass is 9.97. The van der Waals surface area contributed by atoms with Crippen LogP contribution in [0.25, 0.3) is 27.9 Å². The van der Waals surface area contributed by atoms with Gasteiger partial charge in [-0.1, -0.05) is 17.7 Å². The number of halogens is 5. The Kier molecular flexibility index (Phi) is 7.13. The molecule has 2 aromatic carbocycles. The molecule has 0 radical (unpaired) electrons. The highest BCUT2D eigenvalue weighted by molar-refractivity contribution is 6.32. The van der Waals surface area contributed by atoms with E-state index in [1.54, 1.807) is 56.7 Å². The second-order valence-corrected chi connectivity index (χ2v) is 10.6. The minimum Gasteiger partial charge on any atom is -0.507 e. The summed E-state index contributed by atoms with van der Waals surface area (Å²) >= 11 is 6.48. The Morgan fingerprint density at radius 1 is 1.10 bits per heavy atom. The highest BCUT2D eigenvalue weighted by Gasteiger charge is 2.38. The molecule has 12 heteroatoms. The first-order valence-corrected chi connectivity index (χ1v) is 12.8. The zero-order chi connectivity index (χ0) is 28.8. The molecule has 2 N–H and O–H groups in total. The molecule has 5 rings (SSSR count). The quantitative estimate of drug-likeness (QED) is 0.296. The number of phenolic OH excluding ortho intramolecular Hbond substituents is 1. The number of anilines is 1. The summed E-state index contributed by atoms with van der Waals surface area (Å²) in [6.45, 7) is 1.43. The molecular weight excluding hydrogens is 550 g/mol. The van der Waals surface area contributed by atoms with E-state index in [-0.39, 0.29) is 27.6 Å². The van der Waals surface area contributed by atoms with Crippen molar-refractivity contribution >= 4 is 17.4 Å². The van der Waals surface area contributed by atoms with E-state index in [0.717, 1.165) is 0 Å². The van der Waals surface area contributed by atoms with E-state index in [9.17, 15) is 27.5 Å². The molecule has 0 aliphatic carbocycles. The zero-order valence-electron chi connectivity index (χ0n) is 21.6. The normalized spacial score (nSPS) is 17.5. The fourth-order valence-electron chi connectivity index (χ4n) is 4.93. The van der Waals surface area contributed by atoms with Gasteiger partial charge < -0.3 is 19.9 Å². The molecule has 2 aromatic heterocycles. The van der Waals surface area contributed by atoms with E-state index >= 15 is 0 Å². The molecule has 1 atom stereocenters. The van der Waals surface area contributed by atoms with Crippen LogP contribution in [0.3, 0.4) is 0 Å². The molecule has 1 aliphatic rings. The Morgan fingerprint density at radius 2 is 1.80 bits per heavy atom. The van der Waals surface area contributed by atoms with Crippen molar-refractivity contribution in [2.24, 2.45) is 7.05 Å². The van der Waals surface area contributed by atoms with Crippen molar-refractivity contribution in [2.45, 2.75) is 25.1 Å². The second-order valence-electron chi connectivity index (χ2n) is 10.2. The van der Waals surface area contributed by atoms with Gasteiger partial charge in [0.2, 0.25) is 0 Å². The predicted octanol–water partition coefficient (Wildman–Crippen LogP) is 5.52. The summed E-state index contributed by atoms with van der Waals surface area (Å²) in [6.07, 6.45) is 0.858. The summed E-state index contributed by atoms with van der Waals surface area (Å²) in [5, 5.41) is 14.0. The van der Waals surface area contributed by atoms with Crippen LogP contribution in [0.15, 0.2) is 65.8 Å². The number of nitrogens with one attached hydrogen (secondary N) is 1. The van der Waals surface area contributed by atoms with Crippen LogP contribution in [0, 0.1) is 5.82 Å². The lowest BCUT2D eigenvalue weighted by molar-refractivity contribution is -0.128. The standard InChI is InChI=1S/C28H26ClF4N5O2/c1-27(35-15-28(31,32)33)6-8-37(16-27)24-12-18(5-7-34-24)21-14-19(30)13-20(25(21)39)17-3-4-23(22(29)11-17)38-10-9-36(2)26(38)40/h3-5,7,9-14,35,39H,6,8,15-16H2,1-2H3. The van der Waals surface area contributed by atoms with Crippen molar-refractivity contribution < 1.29 is 22.7 Å². The van der Waals surface area contributed by atoms with E-state index in [1.165, 1.54) is 27.5 Å². The van der Waals surface area contributed by atoms with Crippen LogP contribution >= 0.6 is 11.6 Å². The number of hydrogen-bond acceptors (Lipinski definition) is 5. The van der Waals surface area contributed by atoms with Crippen molar-refractivity contribution in [3.63, 3.8) is 0 Å². The maximum absolute atomic E-state index is 14.8. The van der Waals surface area contributed by atoms with Crippen LogP contribution < -0.4 is 15.9 Å². The first-order valence-electron chi connectivity index (χ1n) is 12.4. The monoisotopic (exact) mass is 575 g/mol. The number of rotatable bonds is 6. The molecule has 0 amide bonds. The Morgan fingerprint density at radius 3 is 2.42 bits per heavy atom. The fraction of sp³-hybridized carbons (Fsp3) is 0.286. The molecule has 1 aliphatic heterocycles. The maximum Gasteiger partial charge on any atom is 0.401 e. The van der Waals surface area contributed by atoms with Gasteiger partial charge in [0.1, 0.15) is 17.4 Å². The van der Waals surface area contributed by atoms with Gasteiger partial charge in [0.25, 0.3) is 0 Å². The molecule has 7 nitrogen and oxygen atoms in total. The topological polar surface area (TPSA) is 75.3 Å². The molecule has 4 aromatic rings. The largest absolute Gasteiger partial charge is 0.507 e. The molecular formula is C28H26ClF4N5O2. The Hall–Kier alpha value is -3.83. The number of phenols is 1. The first-order chi connectivity index (χ1) is 18.8. The summed E-state index contributed by atoms with van der Waals surface area (Å²) in [4.78, 5) is 18.5. The van der Waals surface area contributed by atoms with Gasteiger partial charge in [-0.05, 0) is 60.9 Å². The van der Waals surface area contributed by atoms with Gasteiger partial charge in [0.05, 0.1) is 17.3 Å². The number of alkyl halides is 3. The van der Waals surface area contributed by atoms with Gasteiger partial charge in [-0.25, -0.2) is 14.2 Å². The smallest absolute Gasteiger partial charge is 0.401 e. The summed E-state index contributed by atoms with van der Waals surface area (Å²) in [5.41, 5.74) is 0.747.